The molecular formula is C13H22N2O4. The van der Waals surface area contributed by atoms with Crippen molar-refractivity contribution in [3.63, 3.8) is 0 Å². The molecule has 0 bridgehead atoms. The van der Waals surface area contributed by atoms with E-state index in [2.05, 4.69) is 5.32 Å². The number of rotatable bonds is 5. The Morgan fingerprint density at radius 1 is 1.26 bits per heavy atom. The molecule has 6 heteroatoms. The van der Waals surface area contributed by atoms with Crippen LogP contribution in [0.3, 0.4) is 0 Å². The number of nitrogens with zero attached hydrogens (tertiary/aromatic N) is 1. The van der Waals surface area contributed by atoms with E-state index in [-0.39, 0.29) is 18.2 Å². The summed E-state index contributed by atoms with van der Waals surface area (Å²) in [5, 5.41) is 11.8. The van der Waals surface area contributed by atoms with Gasteiger partial charge in [-0.05, 0) is 19.3 Å². The van der Waals surface area contributed by atoms with Gasteiger partial charge < -0.3 is 15.3 Å². The van der Waals surface area contributed by atoms with E-state index in [4.69, 9.17) is 0 Å². The van der Waals surface area contributed by atoms with Crippen molar-refractivity contribution in [3.05, 3.63) is 0 Å². The second-order valence-electron chi connectivity index (χ2n) is 5.05. The van der Waals surface area contributed by atoms with Crippen LogP contribution in [0.2, 0.25) is 0 Å². The van der Waals surface area contributed by atoms with Crippen molar-refractivity contribution in [3.8, 4) is 0 Å². The maximum Gasteiger partial charge on any atom is 0.309 e. The lowest BCUT2D eigenvalue weighted by Gasteiger charge is -2.38. The molecule has 2 N–H and O–H groups in total. The van der Waals surface area contributed by atoms with E-state index in [0.717, 1.165) is 0 Å². The zero-order valence-corrected chi connectivity index (χ0v) is 11.6. The Labute approximate surface area is 113 Å². The first kappa shape index (κ1) is 15.5. The second-order valence-corrected chi connectivity index (χ2v) is 5.05. The van der Waals surface area contributed by atoms with Crippen molar-refractivity contribution >= 4 is 17.8 Å². The van der Waals surface area contributed by atoms with Gasteiger partial charge in [0.2, 0.25) is 11.8 Å². The summed E-state index contributed by atoms with van der Waals surface area (Å²) in [5.41, 5.74) is -0.672. The van der Waals surface area contributed by atoms with Crippen LogP contribution in [0.25, 0.3) is 0 Å². The van der Waals surface area contributed by atoms with Crippen molar-refractivity contribution in [1.29, 1.82) is 0 Å². The summed E-state index contributed by atoms with van der Waals surface area (Å²) in [6.07, 6.45) is 1.87. The van der Waals surface area contributed by atoms with Gasteiger partial charge in [-0.2, -0.15) is 0 Å². The number of carbonyl (C=O) groups excluding carboxylic acids is 2. The van der Waals surface area contributed by atoms with Gasteiger partial charge >= 0.3 is 5.97 Å². The van der Waals surface area contributed by atoms with E-state index in [1.807, 2.05) is 6.92 Å². The van der Waals surface area contributed by atoms with Gasteiger partial charge in [-0.3, -0.25) is 14.4 Å². The Morgan fingerprint density at radius 2 is 1.84 bits per heavy atom. The Morgan fingerprint density at radius 3 is 2.26 bits per heavy atom. The number of carbonyl (C=O) groups is 3. The van der Waals surface area contributed by atoms with E-state index in [1.165, 1.54) is 6.92 Å². The average molecular weight is 270 g/mol. The normalized spacial score (nSPS) is 17.9. The molecule has 1 saturated heterocycles. The lowest BCUT2D eigenvalue weighted by Crippen LogP contribution is -2.46. The highest BCUT2D eigenvalue weighted by Gasteiger charge is 2.40. The van der Waals surface area contributed by atoms with Crippen LogP contribution in [-0.2, 0) is 14.4 Å². The quantitative estimate of drug-likeness (QED) is 0.766. The highest BCUT2D eigenvalue weighted by Crippen LogP contribution is 2.35. The van der Waals surface area contributed by atoms with E-state index in [0.29, 0.717) is 38.9 Å². The Kier molecular flexibility index (Phi) is 5.32. The summed E-state index contributed by atoms with van der Waals surface area (Å²) in [6, 6.07) is 0. The third-order valence-electron chi connectivity index (χ3n) is 3.92. The molecule has 0 radical (unpaired) electrons. The van der Waals surface area contributed by atoms with E-state index >= 15 is 0 Å². The van der Waals surface area contributed by atoms with Crippen molar-refractivity contribution in [2.24, 2.45) is 5.41 Å². The summed E-state index contributed by atoms with van der Waals surface area (Å²) in [7, 11) is 0. The van der Waals surface area contributed by atoms with Gasteiger partial charge in [-0.25, -0.2) is 0 Å². The predicted octanol–water partition coefficient (Wildman–Crippen LogP) is 0.616. The highest BCUT2D eigenvalue weighted by molar-refractivity contribution is 5.79. The van der Waals surface area contributed by atoms with Gasteiger partial charge in [-0.15, -0.1) is 0 Å². The largest absolute Gasteiger partial charge is 0.481 e. The minimum atomic E-state index is -0.764. The Balaban J connectivity index is 2.42. The number of aliphatic carboxylic acids is 1. The van der Waals surface area contributed by atoms with Crippen LogP contribution in [0.4, 0.5) is 0 Å². The molecule has 0 aliphatic carbocycles. The number of hydrogen-bond donors (Lipinski definition) is 2. The highest BCUT2D eigenvalue weighted by atomic mass is 16.4. The van der Waals surface area contributed by atoms with Crippen LogP contribution in [0.1, 0.15) is 39.5 Å². The molecule has 1 rings (SSSR count). The van der Waals surface area contributed by atoms with Gasteiger partial charge in [0, 0.05) is 33.0 Å². The lowest BCUT2D eigenvalue weighted by atomic mass is 9.76. The van der Waals surface area contributed by atoms with Crippen LogP contribution in [0.5, 0.6) is 0 Å². The molecule has 0 aromatic rings. The van der Waals surface area contributed by atoms with Crippen molar-refractivity contribution in [2.45, 2.75) is 39.5 Å². The summed E-state index contributed by atoms with van der Waals surface area (Å²) in [6.45, 7) is 4.59. The molecule has 1 aliphatic heterocycles. The van der Waals surface area contributed by atoms with Crippen LogP contribution in [-0.4, -0.2) is 47.4 Å². The standard InChI is InChI=1S/C13H22N2O4/c1-3-13(12(18)19)5-8-15(9-6-13)11(17)4-7-14-10(2)16/h3-9H2,1-2H3,(H,14,16)(H,18,19). The first-order valence-electron chi connectivity index (χ1n) is 6.67. The Bertz CT molecular complexity index is 360. The van der Waals surface area contributed by atoms with Crippen LogP contribution >= 0.6 is 0 Å². The van der Waals surface area contributed by atoms with Gasteiger partial charge in [0.1, 0.15) is 0 Å². The molecule has 1 heterocycles. The molecule has 0 atom stereocenters. The summed E-state index contributed by atoms with van der Waals surface area (Å²) in [5.74, 6) is -0.938. The first-order chi connectivity index (χ1) is 8.91. The SMILES string of the molecule is CCC1(C(=O)O)CCN(C(=O)CCNC(C)=O)CC1. The molecule has 6 nitrogen and oxygen atoms in total. The summed E-state index contributed by atoms with van der Waals surface area (Å²) < 4.78 is 0. The Hall–Kier alpha value is -1.59. The smallest absolute Gasteiger partial charge is 0.309 e. The third kappa shape index (κ3) is 3.94. The number of amides is 2. The number of carboxylic acids is 1. The number of hydrogen-bond acceptors (Lipinski definition) is 3. The fourth-order valence-corrected chi connectivity index (χ4v) is 2.41. The van der Waals surface area contributed by atoms with Gasteiger partial charge in [0.25, 0.3) is 0 Å². The summed E-state index contributed by atoms with van der Waals surface area (Å²) >= 11 is 0. The minimum Gasteiger partial charge on any atom is -0.481 e. The van der Waals surface area contributed by atoms with Crippen molar-refractivity contribution in [1.82, 2.24) is 10.2 Å². The zero-order valence-electron chi connectivity index (χ0n) is 11.6. The fraction of sp³-hybridized carbons (Fsp3) is 0.769. The molecule has 1 aliphatic rings. The average Bonchev–Trinajstić information content (AvgIpc) is 2.38. The molecule has 108 valence electrons. The molecule has 1 fully saturated rings. The molecule has 0 spiro atoms. The van der Waals surface area contributed by atoms with Crippen LogP contribution < -0.4 is 5.32 Å². The number of carboxylic acid groups (broad SMARTS) is 1. The van der Waals surface area contributed by atoms with Crippen molar-refractivity contribution in [2.75, 3.05) is 19.6 Å². The van der Waals surface area contributed by atoms with E-state index in [9.17, 15) is 19.5 Å². The summed E-state index contributed by atoms with van der Waals surface area (Å²) in [4.78, 5) is 35.5. The first-order valence-corrected chi connectivity index (χ1v) is 6.67. The van der Waals surface area contributed by atoms with E-state index < -0.39 is 11.4 Å². The second kappa shape index (κ2) is 6.54. The molecule has 0 unspecified atom stereocenters. The third-order valence-corrected chi connectivity index (χ3v) is 3.92. The van der Waals surface area contributed by atoms with Crippen LogP contribution in [0.15, 0.2) is 0 Å². The topological polar surface area (TPSA) is 86.7 Å². The minimum absolute atomic E-state index is 0.0242. The molecule has 0 aromatic heterocycles. The van der Waals surface area contributed by atoms with Crippen molar-refractivity contribution < 1.29 is 19.5 Å². The predicted molar refractivity (Wildman–Crippen MR) is 69.5 cm³/mol. The van der Waals surface area contributed by atoms with Gasteiger partial charge in [-0.1, -0.05) is 6.92 Å². The molecule has 0 saturated carbocycles. The monoisotopic (exact) mass is 270 g/mol. The molecule has 0 aromatic carbocycles. The molecule has 19 heavy (non-hydrogen) atoms. The number of piperidine rings is 1. The number of likely N-dealkylation sites (tertiary alicyclic amines) is 1. The molecular weight excluding hydrogens is 248 g/mol. The zero-order chi connectivity index (χ0) is 14.5. The lowest BCUT2D eigenvalue weighted by molar-refractivity contribution is -0.154. The molecule has 2 amide bonds. The fourth-order valence-electron chi connectivity index (χ4n) is 2.41. The van der Waals surface area contributed by atoms with E-state index in [1.54, 1.807) is 4.90 Å². The maximum absolute atomic E-state index is 11.9. The number of nitrogens with one attached hydrogen (secondary N) is 1. The van der Waals surface area contributed by atoms with Crippen LogP contribution in [0, 0.1) is 5.41 Å². The van der Waals surface area contributed by atoms with Gasteiger partial charge in [0.05, 0.1) is 5.41 Å². The van der Waals surface area contributed by atoms with Gasteiger partial charge in [0.15, 0.2) is 0 Å². The maximum atomic E-state index is 11.9.